The van der Waals surface area contributed by atoms with Crippen molar-refractivity contribution in [3.63, 3.8) is 0 Å². The van der Waals surface area contributed by atoms with E-state index in [1.807, 2.05) is 0 Å². The highest BCUT2D eigenvalue weighted by atomic mass is 16.6. The Morgan fingerprint density at radius 3 is 2.63 bits per heavy atom. The number of ether oxygens (including phenoxy) is 1. The number of benzene rings is 2. The second-order valence-corrected chi connectivity index (χ2v) is 4.00. The van der Waals surface area contributed by atoms with Crippen molar-refractivity contribution in [1.29, 1.82) is 0 Å². The van der Waals surface area contributed by atoms with Gasteiger partial charge in [0.2, 0.25) is 0 Å². The number of non-ortho nitro benzene ring substituents is 1. The molecule has 2 aromatic carbocycles. The highest BCUT2D eigenvalue weighted by Gasteiger charge is 2.08. The minimum absolute atomic E-state index is 0.0281. The van der Waals surface area contributed by atoms with E-state index < -0.39 is 4.92 Å². The van der Waals surface area contributed by atoms with Crippen LogP contribution >= 0.6 is 0 Å². The molecule has 0 saturated carbocycles. The number of nitro groups is 1. The molecule has 19 heavy (non-hydrogen) atoms. The van der Waals surface area contributed by atoms with E-state index in [2.05, 4.69) is 0 Å². The number of rotatable bonds is 4. The summed E-state index contributed by atoms with van der Waals surface area (Å²) in [6, 6.07) is 10.9. The van der Waals surface area contributed by atoms with E-state index in [0.29, 0.717) is 17.1 Å². The third kappa shape index (κ3) is 2.95. The molecular formula is C14H11NO4. The zero-order valence-corrected chi connectivity index (χ0v) is 10.2. The number of hydrogen-bond acceptors (Lipinski definition) is 4. The maximum Gasteiger partial charge on any atom is 0.273 e. The van der Waals surface area contributed by atoms with E-state index in [1.165, 1.54) is 12.1 Å². The first kappa shape index (κ1) is 12.8. The Labute approximate surface area is 109 Å². The summed E-state index contributed by atoms with van der Waals surface area (Å²) >= 11 is 0. The third-order valence-corrected chi connectivity index (χ3v) is 2.59. The lowest BCUT2D eigenvalue weighted by Gasteiger charge is -2.08. The second-order valence-electron chi connectivity index (χ2n) is 4.00. The van der Waals surface area contributed by atoms with Gasteiger partial charge in [-0.15, -0.1) is 0 Å². The fraction of sp³-hybridized carbons (Fsp3) is 0.0714. The van der Waals surface area contributed by atoms with Gasteiger partial charge in [0.25, 0.3) is 5.69 Å². The third-order valence-electron chi connectivity index (χ3n) is 2.59. The van der Waals surface area contributed by atoms with Crippen molar-refractivity contribution >= 4 is 12.0 Å². The van der Waals surface area contributed by atoms with Crippen LogP contribution in [-0.2, 0) is 0 Å². The lowest BCUT2D eigenvalue weighted by molar-refractivity contribution is -0.384. The molecule has 0 aromatic heterocycles. The van der Waals surface area contributed by atoms with Crippen LogP contribution in [0.2, 0.25) is 0 Å². The fourth-order valence-corrected chi connectivity index (χ4v) is 1.65. The van der Waals surface area contributed by atoms with Crippen LogP contribution in [0.25, 0.3) is 0 Å². The predicted octanol–water partition coefficient (Wildman–Crippen LogP) is 3.51. The van der Waals surface area contributed by atoms with E-state index in [-0.39, 0.29) is 5.69 Å². The standard InChI is InChI=1S/C14H11NO4/c1-10-7-11(9-16)5-6-14(10)19-13-4-2-3-12(8-13)15(17)18/h2-9H,1H3. The molecule has 0 aliphatic heterocycles. The second kappa shape index (κ2) is 5.30. The monoisotopic (exact) mass is 257 g/mol. The van der Waals surface area contributed by atoms with Crippen LogP contribution in [0.5, 0.6) is 11.5 Å². The van der Waals surface area contributed by atoms with Crippen molar-refractivity contribution in [2.45, 2.75) is 6.92 Å². The number of aldehydes is 1. The van der Waals surface area contributed by atoms with E-state index >= 15 is 0 Å². The molecule has 0 unspecified atom stereocenters. The van der Waals surface area contributed by atoms with E-state index in [9.17, 15) is 14.9 Å². The van der Waals surface area contributed by atoms with Crippen LogP contribution < -0.4 is 4.74 Å². The number of carbonyl (C=O) groups excluding carboxylic acids is 1. The molecule has 0 atom stereocenters. The SMILES string of the molecule is Cc1cc(C=O)ccc1Oc1cccc([N+](=O)[O-])c1. The Hall–Kier alpha value is -2.69. The van der Waals surface area contributed by atoms with Gasteiger partial charge in [0.1, 0.15) is 17.8 Å². The molecule has 2 aromatic rings. The topological polar surface area (TPSA) is 69.4 Å². The quantitative estimate of drug-likeness (QED) is 0.477. The van der Waals surface area contributed by atoms with Gasteiger partial charge in [0, 0.05) is 11.6 Å². The molecule has 0 N–H and O–H groups in total. The van der Waals surface area contributed by atoms with Crippen molar-refractivity contribution in [1.82, 2.24) is 0 Å². The number of carbonyl (C=O) groups is 1. The number of aryl methyl sites for hydroxylation is 1. The molecule has 2 rings (SSSR count). The average Bonchev–Trinajstić information content (AvgIpc) is 2.41. The van der Waals surface area contributed by atoms with Crippen molar-refractivity contribution in [3.05, 3.63) is 63.7 Å². The van der Waals surface area contributed by atoms with Crippen LogP contribution in [0.4, 0.5) is 5.69 Å². The van der Waals surface area contributed by atoms with Gasteiger partial charge in [-0.1, -0.05) is 6.07 Å². The van der Waals surface area contributed by atoms with Gasteiger partial charge >= 0.3 is 0 Å². The predicted molar refractivity (Wildman–Crippen MR) is 69.7 cm³/mol. The van der Waals surface area contributed by atoms with Crippen molar-refractivity contribution < 1.29 is 14.5 Å². The summed E-state index contributed by atoms with van der Waals surface area (Å²) in [4.78, 5) is 20.8. The Morgan fingerprint density at radius 2 is 2.00 bits per heavy atom. The molecule has 96 valence electrons. The molecule has 0 aliphatic carbocycles. The van der Waals surface area contributed by atoms with Crippen molar-refractivity contribution in [3.8, 4) is 11.5 Å². The molecule has 0 radical (unpaired) electrons. The lowest BCUT2D eigenvalue weighted by Crippen LogP contribution is -1.91. The first-order chi connectivity index (χ1) is 9.10. The molecule has 0 spiro atoms. The van der Waals surface area contributed by atoms with Crippen LogP contribution in [0.15, 0.2) is 42.5 Å². The summed E-state index contributed by atoms with van der Waals surface area (Å²) in [7, 11) is 0. The highest BCUT2D eigenvalue weighted by Crippen LogP contribution is 2.27. The number of nitro benzene ring substituents is 1. The summed E-state index contributed by atoms with van der Waals surface area (Å²) in [5, 5.41) is 10.7. The van der Waals surface area contributed by atoms with Crippen LogP contribution in [0.3, 0.4) is 0 Å². The molecule has 5 nitrogen and oxygen atoms in total. The van der Waals surface area contributed by atoms with Crippen LogP contribution in [0, 0.1) is 17.0 Å². The average molecular weight is 257 g/mol. The van der Waals surface area contributed by atoms with E-state index in [0.717, 1.165) is 11.8 Å². The van der Waals surface area contributed by atoms with Gasteiger partial charge in [0.15, 0.2) is 0 Å². The molecule has 0 aliphatic rings. The Kier molecular flexibility index (Phi) is 3.56. The van der Waals surface area contributed by atoms with E-state index in [1.54, 1.807) is 37.3 Å². The van der Waals surface area contributed by atoms with Gasteiger partial charge in [0.05, 0.1) is 11.0 Å². The van der Waals surface area contributed by atoms with Gasteiger partial charge in [-0.3, -0.25) is 14.9 Å². The molecule has 5 heteroatoms. The molecule has 0 bridgehead atoms. The van der Waals surface area contributed by atoms with Gasteiger partial charge in [-0.05, 0) is 36.8 Å². The minimum Gasteiger partial charge on any atom is -0.457 e. The maximum atomic E-state index is 10.7. The van der Waals surface area contributed by atoms with Gasteiger partial charge < -0.3 is 4.74 Å². The molecule has 0 saturated heterocycles. The lowest BCUT2D eigenvalue weighted by atomic mass is 10.1. The van der Waals surface area contributed by atoms with Crippen molar-refractivity contribution in [2.75, 3.05) is 0 Å². The zero-order chi connectivity index (χ0) is 13.8. The minimum atomic E-state index is -0.477. The Balaban J connectivity index is 2.28. The van der Waals surface area contributed by atoms with Gasteiger partial charge in [-0.2, -0.15) is 0 Å². The Morgan fingerprint density at radius 1 is 1.21 bits per heavy atom. The zero-order valence-electron chi connectivity index (χ0n) is 10.2. The molecular weight excluding hydrogens is 246 g/mol. The maximum absolute atomic E-state index is 10.7. The number of nitrogens with zero attached hydrogens (tertiary/aromatic N) is 1. The van der Waals surface area contributed by atoms with Crippen LogP contribution in [0.1, 0.15) is 15.9 Å². The number of hydrogen-bond donors (Lipinski definition) is 0. The highest BCUT2D eigenvalue weighted by molar-refractivity contribution is 5.75. The molecule has 0 fully saturated rings. The van der Waals surface area contributed by atoms with Crippen molar-refractivity contribution in [2.24, 2.45) is 0 Å². The van der Waals surface area contributed by atoms with E-state index in [4.69, 9.17) is 4.74 Å². The molecule has 0 amide bonds. The summed E-state index contributed by atoms with van der Waals surface area (Å²) in [6.45, 7) is 1.81. The summed E-state index contributed by atoms with van der Waals surface area (Å²) < 4.78 is 5.58. The molecule has 0 heterocycles. The van der Waals surface area contributed by atoms with Crippen LogP contribution in [-0.4, -0.2) is 11.2 Å². The smallest absolute Gasteiger partial charge is 0.273 e. The summed E-state index contributed by atoms with van der Waals surface area (Å²) in [5.74, 6) is 0.947. The first-order valence-electron chi connectivity index (χ1n) is 5.58. The normalized spacial score (nSPS) is 9.95. The Bertz CT molecular complexity index is 637. The van der Waals surface area contributed by atoms with Gasteiger partial charge in [-0.25, -0.2) is 0 Å². The summed E-state index contributed by atoms with van der Waals surface area (Å²) in [5.41, 5.74) is 1.32. The summed E-state index contributed by atoms with van der Waals surface area (Å²) in [6.07, 6.45) is 0.754. The fourth-order valence-electron chi connectivity index (χ4n) is 1.65. The first-order valence-corrected chi connectivity index (χ1v) is 5.58. The largest absolute Gasteiger partial charge is 0.457 e.